The van der Waals surface area contributed by atoms with Gasteiger partial charge in [0.2, 0.25) is 0 Å². The van der Waals surface area contributed by atoms with Gasteiger partial charge in [-0.1, -0.05) is 20.4 Å². The topological polar surface area (TPSA) is 52.3 Å². The minimum absolute atomic E-state index is 0.317. The molecule has 0 spiro atoms. The lowest BCUT2D eigenvalue weighted by molar-refractivity contribution is -0.223. The highest BCUT2D eigenvalue weighted by atomic mass is 32.2. The van der Waals surface area contributed by atoms with Gasteiger partial charge in [-0.05, 0) is 56.2 Å². The number of carbonyl (C=O) groups is 1. The van der Waals surface area contributed by atoms with Gasteiger partial charge in [-0.3, -0.25) is 4.98 Å². The maximum Gasteiger partial charge on any atom is 0.398 e. The normalized spacial score (nSPS) is 13.6. The van der Waals surface area contributed by atoms with Crippen molar-refractivity contribution in [3.8, 4) is 11.3 Å². The Morgan fingerprint density at radius 1 is 1.18 bits per heavy atom. The predicted molar refractivity (Wildman–Crippen MR) is 124 cm³/mol. The number of alkyl halides is 3. The molecule has 0 amide bonds. The first-order valence-electron chi connectivity index (χ1n) is 10.6. The zero-order valence-electron chi connectivity index (χ0n) is 18.8. The Kier molecular flexibility index (Phi) is 7.57. The summed E-state index contributed by atoms with van der Waals surface area (Å²) in [5.74, 6) is -0.522. The average molecular weight is 478 g/mol. The summed E-state index contributed by atoms with van der Waals surface area (Å²) in [6.45, 7) is 7.56. The van der Waals surface area contributed by atoms with Crippen molar-refractivity contribution >= 4 is 28.7 Å². The number of hydrogen-bond acceptors (Lipinski definition) is 5. The number of aromatic nitrogens is 1. The monoisotopic (exact) mass is 477 g/mol. The van der Waals surface area contributed by atoms with E-state index in [-0.39, 0.29) is 5.75 Å². The number of furan rings is 1. The van der Waals surface area contributed by atoms with Gasteiger partial charge in [0.1, 0.15) is 23.4 Å². The van der Waals surface area contributed by atoms with Gasteiger partial charge in [-0.15, -0.1) is 11.8 Å². The van der Waals surface area contributed by atoms with Gasteiger partial charge in [0.15, 0.2) is 0 Å². The van der Waals surface area contributed by atoms with E-state index in [0.717, 1.165) is 59.9 Å². The molecule has 0 saturated heterocycles. The van der Waals surface area contributed by atoms with Crippen LogP contribution in [0.4, 0.5) is 13.2 Å². The molecule has 2 heterocycles. The van der Waals surface area contributed by atoms with E-state index in [0.29, 0.717) is 16.2 Å². The number of thioether (sulfide) groups is 1. The molecule has 3 aromatic rings. The van der Waals surface area contributed by atoms with Crippen LogP contribution in [0.2, 0.25) is 0 Å². The molecule has 176 valence electrons. The molecule has 4 nitrogen and oxygen atoms in total. The fraction of sp³-hybridized carbons (Fsp3) is 0.360. The number of pyridine rings is 1. The van der Waals surface area contributed by atoms with E-state index < -0.39 is 24.2 Å². The van der Waals surface area contributed by atoms with Crippen molar-refractivity contribution in [2.75, 3.05) is 12.4 Å². The Hall–Kier alpha value is -2.74. The third-order valence-corrected chi connectivity index (χ3v) is 6.80. The molecule has 0 aliphatic rings. The number of ether oxygens (including phenoxy) is 1. The molecule has 0 aliphatic carbocycles. The van der Waals surface area contributed by atoms with Crippen LogP contribution in [-0.2, 0) is 22.4 Å². The second kappa shape index (κ2) is 10.0. The van der Waals surface area contributed by atoms with E-state index in [2.05, 4.69) is 18.5 Å². The van der Waals surface area contributed by atoms with Crippen molar-refractivity contribution in [2.24, 2.45) is 5.41 Å². The molecular weight excluding hydrogens is 451 g/mol. The van der Waals surface area contributed by atoms with E-state index in [1.54, 1.807) is 12.1 Å². The quantitative estimate of drug-likeness (QED) is 0.188. The summed E-state index contributed by atoms with van der Waals surface area (Å²) in [6.07, 6.45) is -2.09. The third-order valence-electron chi connectivity index (χ3n) is 5.43. The van der Waals surface area contributed by atoms with Crippen molar-refractivity contribution in [2.45, 2.75) is 44.7 Å². The summed E-state index contributed by atoms with van der Waals surface area (Å²) in [7, 11) is 0. The Morgan fingerprint density at radius 3 is 2.58 bits per heavy atom. The SMILES string of the molecule is C=CC(=O)OCC(C)(CSc1ccc2cc(-c3ccc(CC)nc3CC)oc2c1)C(F)(F)F. The Morgan fingerprint density at radius 2 is 1.94 bits per heavy atom. The highest BCUT2D eigenvalue weighted by Gasteiger charge is 2.52. The fourth-order valence-corrected chi connectivity index (χ4v) is 4.30. The lowest BCUT2D eigenvalue weighted by Crippen LogP contribution is -2.42. The van der Waals surface area contributed by atoms with Crippen LogP contribution in [-0.4, -0.2) is 29.5 Å². The minimum Gasteiger partial charge on any atom is -0.462 e. The van der Waals surface area contributed by atoms with Crippen molar-refractivity contribution in [3.05, 3.63) is 60.4 Å². The van der Waals surface area contributed by atoms with E-state index in [1.165, 1.54) is 0 Å². The van der Waals surface area contributed by atoms with Crippen molar-refractivity contribution < 1.29 is 27.1 Å². The standard InChI is InChI=1S/C25H26F3NO3S/c1-5-17-9-11-19(20(6-2)29-17)22-12-16-8-10-18(13-21(16)32-22)33-15-24(4,25(26,27)28)14-31-23(30)7-3/h7-13H,3,5-6,14-15H2,1-2,4H3. The van der Waals surface area contributed by atoms with Gasteiger partial charge < -0.3 is 9.15 Å². The van der Waals surface area contributed by atoms with Gasteiger partial charge in [0.05, 0.1) is 5.69 Å². The second-order valence-corrected chi connectivity index (χ2v) is 9.02. The molecule has 0 aliphatic heterocycles. The molecular formula is C25H26F3NO3S. The molecule has 33 heavy (non-hydrogen) atoms. The third kappa shape index (κ3) is 5.61. The van der Waals surface area contributed by atoms with Crippen molar-refractivity contribution in [1.82, 2.24) is 4.98 Å². The van der Waals surface area contributed by atoms with Crippen molar-refractivity contribution in [3.63, 3.8) is 0 Å². The minimum atomic E-state index is -4.54. The van der Waals surface area contributed by atoms with E-state index in [1.807, 2.05) is 31.2 Å². The smallest absolute Gasteiger partial charge is 0.398 e. The molecule has 0 fully saturated rings. The molecule has 3 rings (SSSR count). The maximum absolute atomic E-state index is 13.7. The zero-order chi connectivity index (χ0) is 24.2. The van der Waals surface area contributed by atoms with Crippen LogP contribution in [0.3, 0.4) is 0 Å². The first-order valence-corrected chi connectivity index (χ1v) is 11.6. The van der Waals surface area contributed by atoms with E-state index in [4.69, 9.17) is 9.15 Å². The highest BCUT2D eigenvalue weighted by molar-refractivity contribution is 7.99. The average Bonchev–Trinajstić information content (AvgIpc) is 3.23. The van der Waals surface area contributed by atoms with Gasteiger partial charge >= 0.3 is 12.1 Å². The molecule has 1 atom stereocenters. The molecule has 2 aromatic heterocycles. The van der Waals surface area contributed by atoms with E-state index >= 15 is 0 Å². The number of benzene rings is 1. The Bertz CT molecular complexity index is 1160. The summed E-state index contributed by atoms with van der Waals surface area (Å²) in [4.78, 5) is 16.6. The summed E-state index contributed by atoms with van der Waals surface area (Å²) >= 11 is 1.04. The van der Waals surface area contributed by atoms with Crippen LogP contribution in [0.25, 0.3) is 22.3 Å². The van der Waals surface area contributed by atoms with Crippen LogP contribution in [0, 0.1) is 5.41 Å². The molecule has 0 N–H and O–H groups in total. The van der Waals surface area contributed by atoms with Crippen LogP contribution in [0.5, 0.6) is 0 Å². The van der Waals surface area contributed by atoms with E-state index in [9.17, 15) is 18.0 Å². The lowest BCUT2D eigenvalue weighted by atomic mass is 9.94. The summed E-state index contributed by atoms with van der Waals surface area (Å²) in [5, 5.41) is 0.856. The fourth-order valence-electron chi connectivity index (χ4n) is 3.21. The second-order valence-electron chi connectivity index (χ2n) is 7.97. The number of rotatable bonds is 9. The number of esters is 1. The van der Waals surface area contributed by atoms with Crippen LogP contribution in [0.15, 0.2) is 58.4 Å². The van der Waals surface area contributed by atoms with Gasteiger partial charge in [-0.2, -0.15) is 13.2 Å². The van der Waals surface area contributed by atoms with Crippen molar-refractivity contribution in [1.29, 1.82) is 0 Å². The Labute approximate surface area is 195 Å². The summed E-state index contributed by atoms with van der Waals surface area (Å²) < 4.78 is 51.8. The number of nitrogens with zero attached hydrogens (tertiary/aromatic N) is 1. The highest BCUT2D eigenvalue weighted by Crippen LogP contribution is 2.43. The summed E-state index contributed by atoms with van der Waals surface area (Å²) in [5.41, 5.74) is 1.25. The van der Waals surface area contributed by atoms with Gasteiger partial charge in [0.25, 0.3) is 0 Å². The van der Waals surface area contributed by atoms with Crippen LogP contribution in [0.1, 0.15) is 32.2 Å². The number of fused-ring (bicyclic) bond motifs is 1. The zero-order valence-corrected chi connectivity index (χ0v) is 19.6. The number of aryl methyl sites for hydroxylation is 2. The molecule has 0 saturated carbocycles. The van der Waals surface area contributed by atoms with Crippen LogP contribution >= 0.6 is 11.8 Å². The first kappa shape index (κ1) is 24.9. The van der Waals surface area contributed by atoms with Gasteiger partial charge in [-0.25, -0.2) is 4.79 Å². The largest absolute Gasteiger partial charge is 0.462 e. The number of carbonyl (C=O) groups excluding carboxylic acids is 1. The van der Waals surface area contributed by atoms with Gasteiger partial charge in [0, 0.05) is 33.4 Å². The summed E-state index contributed by atoms with van der Waals surface area (Å²) in [6, 6.07) is 11.2. The molecule has 0 bridgehead atoms. The predicted octanol–water partition coefficient (Wildman–Crippen LogP) is 7.01. The molecule has 0 radical (unpaired) electrons. The lowest BCUT2D eigenvalue weighted by Gasteiger charge is -2.30. The first-order chi connectivity index (χ1) is 15.6. The molecule has 1 unspecified atom stereocenters. The Balaban J connectivity index is 1.83. The molecule has 8 heteroatoms. The number of hydrogen-bond donors (Lipinski definition) is 0. The number of halogens is 3. The maximum atomic E-state index is 13.7. The van der Waals surface area contributed by atoms with Crippen LogP contribution < -0.4 is 0 Å². The molecule has 1 aromatic carbocycles.